The number of hydrogen-bond acceptors (Lipinski definition) is 2. The van der Waals surface area contributed by atoms with Gasteiger partial charge in [-0.05, 0) is 18.1 Å². The van der Waals surface area contributed by atoms with Gasteiger partial charge in [0.15, 0.2) is 0 Å². The molecule has 2 aromatic rings. The Kier molecular flexibility index (Phi) is 4.56. The molecule has 0 saturated carbocycles. The number of nitrogens with zero attached hydrogens (tertiary/aromatic N) is 1. The second kappa shape index (κ2) is 6.17. The van der Waals surface area contributed by atoms with Crippen LogP contribution in [0.3, 0.4) is 0 Å². The maximum atomic E-state index is 11.0. The zero-order chi connectivity index (χ0) is 13.8. The Labute approximate surface area is 124 Å². The fraction of sp³-hybridized carbons (Fsp3) is 0.143. The summed E-state index contributed by atoms with van der Waals surface area (Å²) in [5.41, 5.74) is 1.69. The largest absolute Gasteiger partial charge is 0.272 e. The molecule has 2 aromatic carbocycles. The highest BCUT2D eigenvalue weighted by molar-refractivity contribution is 9.10. The molecule has 0 heterocycles. The normalized spacial score (nSPS) is 12.1. The van der Waals surface area contributed by atoms with Crippen molar-refractivity contribution in [3.05, 3.63) is 74.2 Å². The van der Waals surface area contributed by atoms with Gasteiger partial charge in [0.2, 0.25) is 0 Å². The maximum Gasteiger partial charge on any atom is 0.272 e. The molecule has 19 heavy (non-hydrogen) atoms. The number of nitro benzene ring substituents is 1. The van der Waals surface area contributed by atoms with E-state index < -0.39 is 0 Å². The van der Waals surface area contributed by atoms with E-state index in [1.54, 1.807) is 18.2 Å². The third-order valence-corrected chi connectivity index (χ3v) is 3.94. The fourth-order valence-electron chi connectivity index (χ4n) is 1.89. The molecular weight excluding hydrogens is 330 g/mol. The van der Waals surface area contributed by atoms with E-state index in [0.29, 0.717) is 12.0 Å². The molecule has 2 rings (SSSR count). The predicted molar refractivity (Wildman–Crippen MR) is 79.5 cm³/mol. The Morgan fingerprint density at radius 1 is 1.16 bits per heavy atom. The molecule has 3 nitrogen and oxygen atoms in total. The highest BCUT2D eigenvalue weighted by atomic mass is 79.9. The van der Waals surface area contributed by atoms with Crippen LogP contribution < -0.4 is 0 Å². The minimum atomic E-state index is -0.376. The first kappa shape index (κ1) is 14.0. The number of para-hydroxylation sites is 1. The van der Waals surface area contributed by atoms with Crippen molar-refractivity contribution >= 4 is 33.2 Å². The molecule has 0 aromatic heterocycles. The third kappa shape index (κ3) is 3.33. The van der Waals surface area contributed by atoms with E-state index in [-0.39, 0.29) is 16.0 Å². The van der Waals surface area contributed by atoms with E-state index in [1.807, 2.05) is 24.3 Å². The molecule has 1 unspecified atom stereocenters. The number of nitro groups is 1. The van der Waals surface area contributed by atoms with Crippen LogP contribution in [0.2, 0.25) is 0 Å². The smallest absolute Gasteiger partial charge is 0.258 e. The zero-order valence-corrected chi connectivity index (χ0v) is 12.3. The summed E-state index contributed by atoms with van der Waals surface area (Å²) in [6.45, 7) is 0. The fourth-order valence-corrected chi connectivity index (χ4v) is 2.94. The summed E-state index contributed by atoms with van der Waals surface area (Å²) in [5, 5.41) is 10.7. The van der Waals surface area contributed by atoms with E-state index >= 15 is 0 Å². The van der Waals surface area contributed by atoms with Crippen molar-refractivity contribution in [1.29, 1.82) is 0 Å². The first-order valence-electron chi connectivity index (χ1n) is 5.70. The van der Waals surface area contributed by atoms with Crippen LogP contribution in [0.1, 0.15) is 16.5 Å². The van der Waals surface area contributed by atoms with Crippen molar-refractivity contribution in [2.45, 2.75) is 11.8 Å². The number of benzene rings is 2. The molecule has 0 aliphatic rings. The number of hydrogen-bond donors (Lipinski definition) is 0. The summed E-state index contributed by atoms with van der Waals surface area (Å²) in [6.07, 6.45) is 0.418. The lowest BCUT2D eigenvalue weighted by molar-refractivity contribution is -0.385. The average molecular weight is 341 g/mol. The Bertz CT molecular complexity index is 604. The van der Waals surface area contributed by atoms with E-state index in [2.05, 4.69) is 15.9 Å². The SMILES string of the molecule is O=[N+]([O-])c1ccccc1CC(Cl)c1ccccc1Br. The van der Waals surface area contributed by atoms with Gasteiger partial charge in [-0.2, -0.15) is 0 Å². The lowest BCUT2D eigenvalue weighted by atomic mass is 10.0. The van der Waals surface area contributed by atoms with Gasteiger partial charge in [-0.3, -0.25) is 10.1 Å². The van der Waals surface area contributed by atoms with Crippen LogP contribution in [0.5, 0.6) is 0 Å². The highest BCUT2D eigenvalue weighted by Crippen LogP contribution is 2.33. The molecule has 1 atom stereocenters. The molecule has 0 radical (unpaired) electrons. The van der Waals surface area contributed by atoms with Gasteiger partial charge >= 0.3 is 0 Å². The number of halogens is 2. The molecule has 0 amide bonds. The summed E-state index contributed by atoms with van der Waals surface area (Å²) in [5.74, 6) is 0. The van der Waals surface area contributed by atoms with Crippen LogP contribution in [-0.2, 0) is 6.42 Å². The quantitative estimate of drug-likeness (QED) is 0.452. The van der Waals surface area contributed by atoms with Crippen molar-refractivity contribution in [3.63, 3.8) is 0 Å². The Morgan fingerprint density at radius 2 is 1.79 bits per heavy atom. The molecule has 0 aliphatic carbocycles. The Balaban J connectivity index is 2.27. The zero-order valence-electron chi connectivity index (χ0n) is 9.92. The monoisotopic (exact) mass is 339 g/mol. The standard InChI is InChI=1S/C14H11BrClNO2/c15-12-7-3-2-6-11(12)13(16)9-10-5-1-4-8-14(10)17(18)19/h1-8,13H,9H2. The molecule has 0 saturated heterocycles. The molecule has 98 valence electrons. The van der Waals surface area contributed by atoms with E-state index in [0.717, 1.165) is 10.0 Å². The summed E-state index contributed by atoms with van der Waals surface area (Å²) >= 11 is 9.81. The minimum Gasteiger partial charge on any atom is -0.258 e. The van der Waals surface area contributed by atoms with Crippen molar-refractivity contribution in [2.24, 2.45) is 0 Å². The van der Waals surface area contributed by atoms with Crippen LogP contribution in [0.4, 0.5) is 5.69 Å². The molecule has 0 fully saturated rings. The van der Waals surface area contributed by atoms with E-state index in [9.17, 15) is 10.1 Å². The summed E-state index contributed by atoms with van der Waals surface area (Å²) in [4.78, 5) is 10.6. The maximum absolute atomic E-state index is 11.0. The van der Waals surface area contributed by atoms with Crippen LogP contribution in [0.25, 0.3) is 0 Å². The van der Waals surface area contributed by atoms with E-state index in [4.69, 9.17) is 11.6 Å². The van der Waals surface area contributed by atoms with Crippen molar-refractivity contribution < 1.29 is 4.92 Å². The van der Waals surface area contributed by atoms with Gasteiger partial charge < -0.3 is 0 Å². The van der Waals surface area contributed by atoms with Crippen molar-refractivity contribution in [3.8, 4) is 0 Å². The molecule has 0 spiro atoms. The first-order valence-corrected chi connectivity index (χ1v) is 6.93. The molecule has 0 aliphatic heterocycles. The first-order chi connectivity index (χ1) is 9.09. The lowest BCUT2D eigenvalue weighted by Gasteiger charge is -2.12. The van der Waals surface area contributed by atoms with Crippen molar-refractivity contribution in [1.82, 2.24) is 0 Å². The van der Waals surface area contributed by atoms with Gasteiger partial charge in [0.05, 0.1) is 10.3 Å². The van der Waals surface area contributed by atoms with Crippen LogP contribution >= 0.6 is 27.5 Å². The van der Waals surface area contributed by atoms with Gasteiger partial charge in [-0.1, -0.05) is 52.3 Å². The summed E-state index contributed by atoms with van der Waals surface area (Å²) in [6, 6.07) is 14.3. The Hall–Kier alpha value is -1.39. The van der Waals surface area contributed by atoms with Gasteiger partial charge in [-0.25, -0.2) is 0 Å². The van der Waals surface area contributed by atoms with Crippen molar-refractivity contribution in [2.75, 3.05) is 0 Å². The molecule has 0 bridgehead atoms. The van der Waals surface area contributed by atoms with Crippen LogP contribution in [0, 0.1) is 10.1 Å². The van der Waals surface area contributed by atoms with Gasteiger partial charge in [0.25, 0.3) is 5.69 Å². The second-order valence-electron chi connectivity index (χ2n) is 4.08. The highest BCUT2D eigenvalue weighted by Gasteiger charge is 2.18. The Morgan fingerprint density at radius 3 is 2.47 bits per heavy atom. The third-order valence-electron chi connectivity index (χ3n) is 2.83. The number of alkyl halides is 1. The average Bonchev–Trinajstić information content (AvgIpc) is 2.39. The predicted octanol–water partition coefficient (Wildman–Crippen LogP) is 4.88. The van der Waals surface area contributed by atoms with Gasteiger partial charge in [-0.15, -0.1) is 11.6 Å². The second-order valence-corrected chi connectivity index (χ2v) is 5.46. The molecular formula is C14H11BrClNO2. The lowest BCUT2D eigenvalue weighted by Crippen LogP contribution is -2.00. The summed E-state index contributed by atoms with van der Waals surface area (Å²) < 4.78 is 0.911. The van der Waals surface area contributed by atoms with Gasteiger partial charge in [0, 0.05) is 16.1 Å². The molecule has 0 N–H and O–H groups in total. The van der Waals surface area contributed by atoms with Crippen LogP contribution in [0.15, 0.2) is 53.0 Å². The minimum absolute atomic E-state index is 0.111. The van der Waals surface area contributed by atoms with Crippen LogP contribution in [-0.4, -0.2) is 4.92 Å². The van der Waals surface area contributed by atoms with E-state index in [1.165, 1.54) is 6.07 Å². The topological polar surface area (TPSA) is 43.1 Å². The molecule has 5 heteroatoms. The number of rotatable bonds is 4. The van der Waals surface area contributed by atoms with Gasteiger partial charge in [0.1, 0.15) is 0 Å². The summed E-state index contributed by atoms with van der Waals surface area (Å²) in [7, 11) is 0.